The Morgan fingerprint density at radius 3 is 2.29 bits per heavy atom. The lowest BCUT2D eigenvalue weighted by Gasteiger charge is -2.03. The van der Waals surface area contributed by atoms with E-state index in [0.29, 0.717) is 6.42 Å². The second-order valence-electron chi connectivity index (χ2n) is 3.79. The van der Waals surface area contributed by atoms with Crippen molar-refractivity contribution in [3.05, 3.63) is 35.4 Å². The highest BCUT2D eigenvalue weighted by Gasteiger charge is 1.99. The third kappa shape index (κ3) is 7.56. The number of aryl methyl sites for hydroxylation is 2. The van der Waals surface area contributed by atoms with E-state index in [1.165, 1.54) is 11.1 Å². The second-order valence-corrected chi connectivity index (χ2v) is 3.79. The molecule has 0 radical (unpaired) electrons. The van der Waals surface area contributed by atoms with E-state index in [0.717, 1.165) is 19.4 Å². The van der Waals surface area contributed by atoms with Gasteiger partial charge in [-0.15, -0.1) is 0 Å². The van der Waals surface area contributed by atoms with Crippen LogP contribution in [0.4, 0.5) is 0 Å². The molecule has 0 fully saturated rings. The molecule has 0 unspecified atom stereocenters. The molecule has 1 amide bonds. The summed E-state index contributed by atoms with van der Waals surface area (Å²) in [7, 11) is 0. The van der Waals surface area contributed by atoms with Gasteiger partial charge in [0.05, 0.1) is 0 Å². The van der Waals surface area contributed by atoms with Crippen molar-refractivity contribution in [2.45, 2.75) is 47.0 Å². The minimum absolute atomic E-state index is 0.157. The molecule has 0 atom stereocenters. The first-order valence-corrected chi connectivity index (χ1v) is 6.54. The second kappa shape index (κ2) is 9.88. The van der Waals surface area contributed by atoms with Crippen molar-refractivity contribution in [1.82, 2.24) is 5.32 Å². The fourth-order valence-electron chi connectivity index (χ4n) is 1.49. The zero-order valence-corrected chi connectivity index (χ0v) is 11.5. The molecule has 1 N–H and O–H groups in total. The highest BCUT2D eigenvalue weighted by Crippen LogP contribution is 2.06. The normalized spacial score (nSPS) is 9.18. The molecule has 1 rings (SSSR count). The number of rotatable bonds is 5. The maximum Gasteiger partial charge on any atom is 0.219 e. The van der Waals surface area contributed by atoms with Crippen LogP contribution in [0.5, 0.6) is 0 Å². The van der Waals surface area contributed by atoms with E-state index >= 15 is 0 Å². The topological polar surface area (TPSA) is 29.1 Å². The zero-order valence-electron chi connectivity index (χ0n) is 11.5. The van der Waals surface area contributed by atoms with Crippen molar-refractivity contribution >= 4 is 5.91 Å². The molecular weight excluding hydrogens is 210 g/mol. The van der Waals surface area contributed by atoms with Crippen molar-refractivity contribution < 1.29 is 4.79 Å². The van der Waals surface area contributed by atoms with Crippen LogP contribution >= 0.6 is 0 Å². The zero-order chi connectivity index (χ0) is 13.1. The summed E-state index contributed by atoms with van der Waals surface area (Å²) in [6.45, 7) is 8.75. The van der Waals surface area contributed by atoms with Gasteiger partial charge in [0.25, 0.3) is 0 Å². The quantitative estimate of drug-likeness (QED) is 0.831. The third-order valence-electron chi connectivity index (χ3n) is 2.36. The van der Waals surface area contributed by atoms with E-state index < -0.39 is 0 Å². The van der Waals surface area contributed by atoms with Crippen molar-refractivity contribution in [3.8, 4) is 0 Å². The lowest BCUT2D eigenvalue weighted by Crippen LogP contribution is -2.22. The van der Waals surface area contributed by atoms with Crippen LogP contribution in [0.2, 0.25) is 0 Å². The molecule has 0 saturated carbocycles. The first kappa shape index (κ1) is 15.7. The molecule has 2 heteroatoms. The van der Waals surface area contributed by atoms with Crippen LogP contribution < -0.4 is 5.32 Å². The maximum absolute atomic E-state index is 11.2. The summed E-state index contributed by atoms with van der Waals surface area (Å²) in [5.74, 6) is 0.157. The van der Waals surface area contributed by atoms with E-state index in [9.17, 15) is 4.79 Å². The summed E-state index contributed by atoms with van der Waals surface area (Å²) in [5, 5.41) is 2.80. The summed E-state index contributed by atoms with van der Waals surface area (Å²) >= 11 is 0. The first-order chi connectivity index (χ1) is 8.22. The monoisotopic (exact) mass is 235 g/mol. The molecule has 0 aliphatic carbocycles. The minimum atomic E-state index is 0.157. The standard InChI is InChI=1S/C13H19NO.C2H6/c1-3-14-13(15)6-4-5-12-9-7-11(2)8-10-12;1-2/h7-10H,3-6H2,1-2H3,(H,14,15);1-2H3. The van der Waals surface area contributed by atoms with Gasteiger partial charge < -0.3 is 5.32 Å². The number of amides is 1. The van der Waals surface area contributed by atoms with Gasteiger partial charge in [-0.2, -0.15) is 0 Å². The van der Waals surface area contributed by atoms with Gasteiger partial charge in [-0.3, -0.25) is 4.79 Å². The Labute approximate surface area is 105 Å². The Bertz CT molecular complexity index is 303. The fraction of sp³-hybridized carbons (Fsp3) is 0.533. The molecule has 0 heterocycles. The van der Waals surface area contributed by atoms with Crippen molar-refractivity contribution in [2.24, 2.45) is 0 Å². The van der Waals surface area contributed by atoms with E-state index in [4.69, 9.17) is 0 Å². The molecule has 0 spiro atoms. The predicted octanol–water partition coefficient (Wildman–Crippen LogP) is 3.48. The maximum atomic E-state index is 11.2. The number of carbonyl (C=O) groups excluding carboxylic acids is 1. The molecule has 1 aromatic carbocycles. The van der Waals surface area contributed by atoms with Gasteiger partial charge in [-0.1, -0.05) is 43.7 Å². The smallest absolute Gasteiger partial charge is 0.219 e. The highest BCUT2D eigenvalue weighted by atomic mass is 16.1. The van der Waals surface area contributed by atoms with Gasteiger partial charge in [0, 0.05) is 13.0 Å². The average Bonchev–Trinajstić information content (AvgIpc) is 2.35. The Kier molecular flexibility index (Phi) is 9.12. The number of carbonyl (C=O) groups is 1. The van der Waals surface area contributed by atoms with Gasteiger partial charge in [-0.05, 0) is 32.3 Å². The van der Waals surface area contributed by atoms with Gasteiger partial charge in [0.1, 0.15) is 0 Å². The molecule has 0 aliphatic heterocycles. The molecule has 0 aromatic heterocycles. The van der Waals surface area contributed by atoms with Crippen molar-refractivity contribution in [2.75, 3.05) is 6.54 Å². The summed E-state index contributed by atoms with van der Waals surface area (Å²) in [4.78, 5) is 11.2. The molecule has 0 aliphatic rings. The first-order valence-electron chi connectivity index (χ1n) is 6.54. The van der Waals surface area contributed by atoms with E-state index in [1.54, 1.807) is 0 Å². The van der Waals surface area contributed by atoms with Crippen LogP contribution in [-0.2, 0) is 11.2 Å². The van der Waals surface area contributed by atoms with Gasteiger partial charge in [0.2, 0.25) is 5.91 Å². The molecule has 17 heavy (non-hydrogen) atoms. The number of hydrogen-bond acceptors (Lipinski definition) is 1. The molecule has 2 nitrogen and oxygen atoms in total. The summed E-state index contributed by atoms with van der Waals surface area (Å²) in [6, 6.07) is 8.49. The Balaban J connectivity index is 0.00000121. The SMILES string of the molecule is CC.CCNC(=O)CCCc1ccc(C)cc1. The van der Waals surface area contributed by atoms with Crippen LogP contribution in [0.1, 0.15) is 44.7 Å². The van der Waals surface area contributed by atoms with Crippen molar-refractivity contribution in [3.63, 3.8) is 0 Å². The van der Waals surface area contributed by atoms with E-state index in [1.807, 2.05) is 20.8 Å². The van der Waals surface area contributed by atoms with Crippen molar-refractivity contribution in [1.29, 1.82) is 0 Å². The van der Waals surface area contributed by atoms with Gasteiger partial charge in [0.15, 0.2) is 0 Å². The lowest BCUT2D eigenvalue weighted by molar-refractivity contribution is -0.121. The summed E-state index contributed by atoms with van der Waals surface area (Å²) in [5.41, 5.74) is 2.59. The van der Waals surface area contributed by atoms with Crippen LogP contribution in [0, 0.1) is 6.92 Å². The largest absolute Gasteiger partial charge is 0.356 e. The van der Waals surface area contributed by atoms with Gasteiger partial charge >= 0.3 is 0 Å². The molecule has 1 aromatic rings. The Morgan fingerprint density at radius 2 is 1.76 bits per heavy atom. The fourth-order valence-corrected chi connectivity index (χ4v) is 1.49. The molecular formula is C15H25NO. The summed E-state index contributed by atoms with van der Waals surface area (Å²) in [6.07, 6.45) is 2.54. The average molecular weight is 235 g/mol. The Morgan fingerprint density at radius 1 is 1.18 bits per heavy atom. The predicted molar refractivity (Wildman–Crippen MR) is 74.1 cm³/mol. The third-order valence-corrected chi connectivity index (χ3v) is 2.36. The lowest BCUT2D eigenvalue weighted by atomic mass is 10.1. The summed E-state index contributed by atoms with van der Waals surface area (Å²) < 4.78 is 0. The number of nitrogens with one attached hydrogen (secondary N) is 1. The van der Waals surface area contributed by atoms with Gasteiger partial charge in [-0.25, -0.2) is 0 Å². The van der Waals surface area contributed by atoms with Crippen LogP contribution in [0.15, 0.2) is 24.3 Å². The molecule has 96 valence electrons. The van der Waals surface area contributed by atoms with Crippen LogP contribution in [0.3, 0.4) is 0 Å². The van der Waals surface area contributed by atoms with E-state index in [-0.39, 0.29) is 5.91 Å². The molecule has 0 saturated heterocycles. The number of hydrogen-bond donors (Lipinski definition) is 1. The number of benzene rings is 1. The Hall–Kier alpha value is -1.31. The minimum Gasteiger partial charge on any atom is -0.356 e. The van der Waals surface area contributed by atoms with Crippen LogP contribution in [0.25, 0.3) is 0 Å². The highest BCUT2D eigenvalue weighted by molar-refractivity contribution is 5.75. The van der Waals surface area contributed by atoms with Crippen LogP contribution in [-0.4, -0.2) is 12.5 Å². The van der Waals surface area contributed by atoms with E-state index in [2.05, 4.69) is 36.5 Å². The molecule has 0 bridgehead atoms.